The summed E-state index contributed by atoms with van der Waals surface area (Å²) in [5.74, 6) is -10.9. The highest BCUT2D eigenvalue weighted by Gasteiger charge is 2.03. The largest absolute Gasteiger partial charge is 0.545 e. The first-order valence-electron chi connectivity index (χ1n) is 16.1. The molecule has 0 unspecified atom stereocenters. The Labute approximate surface area is 351 Å². The summed E-state index contributed by atoms with van der Waals surface area (Å²) >= 11 is 0. The standard InChI is InChI=1S/C21H18N2O8.C11H11NO4.3C2H6.6CH4/c24-18(25)16(19(26)27)9-12-1-5-14(6-2-12)22-11-23-15-7-3-13(4-8-15)10-17(20(28)29)21(30)31;1-12-8-4-2-7(3-5-8)6-9(10(13)14)11(15)16;3*1-2;;;;;;/h1-10,22-23H,11H2,(H,24,25)(H,26,27)(H,28,29)(H,30,31);2-6,12H,1H3,(H,13,14)(H,15,16);3*1-2H3;6*1H4/p-6. The fourth-order valence-electron chi connectivity index (χ4n) is 3.49. The molecule has 59 heavy (non-hydrogen) atoms. The molecule has 3 N–H and O–H groups in total. The van der Waals surface area contributed by atoms with Gasteiger partial charge in [0.15, 0.2) is 0 Å². The van der Waals surface area contributed by atoms with Gasteiger partial charge < -0.3 is 75.4 Å². The third-order valence-electron chi connectivity index (χ3n) is 5.86. The molecule has 0 fully saturated rings. The average Bonchev–Trinajstić information content (AvgIpc) is 3.15. The van der Waals surface area contributed by atoms with Crippen molar-refractivity contribution in [3.63, 3.8) is 0 Å². The highest BCUT2D eigenvalue weighted by molar-refractivity contribution is 6.15. The molecule has 0 saturated carbocycles. The lowest BCUT2D eigenvalue weighted by Crippen LogP contribution is -2.36. The molecule has 0 bridgehead atoms. The molecule has 0 aliphatic rings. The molecule has 15 heteroatoms. The fourth-order valence-corrected chi connectivity index (χ4v) is 3.49. The summed E-state index contributed by atoms with van der Waals surface area (Å²) in [4.78, 5) is 63.9. The Bertz CT molecular complexity index is 1600. The van der Waals surface area contributed by atoms with Crippen molar-refractivity contribution in [3.8, 4) is 0 Å². The molecule has 0 spiro atoms. The van der Waals surface area contributed by atoms with Crippen LogP contribution in [0.3, 0.4) is 0 Å². The maximum Gasteiger partial charge on any atom is 0.0849 e. The van der Waals surface area contributed by atoms with Crippen LogP contribution in [0.2, 0.25) is 0 Å². The van der Waals surface area contributed by atoms with Gasteiger partial charge in [-0.2, -0.15) is 0 Å². The van der Waals surface area contributed by atoms with E-state index in [-0.39, 0.29) is 51.2 Å². The molecule has 0 atom stereocenters. The monoisotopic (exact) mass is 827 g/mol. The van der Waals surface area contributed by atoms with E-state index in [1.807, 2.05) is 41.5 Å². The number of carboxylic acid groups (broad SMARTS) is 6. The van der Waals surface area contributed by atoms with Gasteiger partial charge in [-0.3, -0.25) is 0 Å². The average molecular weight is 828 g/mol. The lowest BCUT2D eigenvalue weighted by Gasteiger charge is -2.12. The minimum absolute atomic E-state index is 0. The third-order valence-corrected chi connectivity index (χ3v) is 5.86. The van der Waals surface area contributed by atoms with Crippen LogP contribution in [0.1, 0.15) is 103 Å². The van der Waals surface area contributed by atoms with E-state index in [0.717, 1.165) is 23.9 Å². The molecule has 334 valence electrons. The van der Waals surface area contributed by atoms with Gasteiger partial charge in [0.05, 0.1) is 42.5 Å². The highest BCUT2D eigenvalue weighted by Crippen LogP contribution is 2.15. The summed E-state index contributed by atoms with van der Waals surface area (Å²) in [6.45, 7) is 12.3. The van der Waals surface area contributed by atoms with Gasteiger partial charge in [0.25, 0.3) is 0 Å². The normalized spacial score (nSPS) is 7.98. The van der Waals surface area contributed by atoms with Crippen LogP contribution in [0.25, 0.3) is 18.2 Å². The molecular formula is C44H65N3O12-6. The Morgan fingerprint density at radius 2 is 0.576 bits per heavy atom. The molecule has 0 aromatic heterocycles. The van der Waals surface area contributed by atoms with Crippen molar-refractivity contribution in [1.82, 2.24) is 0 Å². The van der Waals surface area contributed by atoms with Gasteiger partial charge in [-0.15, -0.1) is 0 Å². The van der Waals surface area contributed by atoms with Gasteiger partial charge in [0.2, 0.25) is 0 Å². The second-order valence-corrected chi connectivity index (χ2v) is 9.05. The number of carboxylic acids is 6. The third kappa shape index (κ3) is 27.4. The summed E-state index contributed by atoms with van der Waals surface area (Å²) in [5.41, 5.74) is 0.441. The summed E-state index contributed by atoms with van der Waals surface area (Å²) in [6, 6.07) is 19.0. The van der Waals surface area contributed by atoms with E-state index in [9.17, 15) is 59.4 Å². The Morgan fingerprint density at radius 3 is 0.746 bits per heavy atom. The first-order valence-corrected chi connectivity index (χ1v) is 16.1. The molecular weight excluding hydrogens is 762 g/mol. The zero-order chi connectivity index (χ0) is 41.1. The maximum absolute atomic E-state index is 10.7. The minimum Gasteiger partial charge on any atom is -0.545 e. The Balaban J connectivity index is -0.000000133. The zero-order valence-corrected chi connectivity index (χ0v) is 30.3. The number of nitrogens with one attached hydrogen (secondary N) is 3. The first-order chi connectivity index (χ1) is 25.2. The second-order valence-electron chi connectivity index (χ2n) is 9.05. The number of hydrogen-bond acceptors (Lipinski definition) is 15. The van der Waals surface area contributed by atoms with Gasteiger partial charge in [-0.05, 0) is 71.3 Å². The molecule has 3 rings (SSSR count). The lowest BCUT2D eigenvalue weighted by molar-refractivity contribution is -0.314. The van der Waals surface area contributed by atoms with Crippen molar-refractivity contribution in [3.05, 3.63) is 106 Å². The smallest absolute Gasteiger partial charge is 0.0849 e. The van der Waals surface area contributed by atoms with Crippen LogP contribution in [0.4, 0.5) is 17.1 Å². The van der Waals surface area contributed by atoms with Gasteiger partial charge in [-0.1, -0.05) is 123 Å². The number of aliphatic carboxylic acids is 6. The van der Waals surface area contributed by atoms with E-state index in [4.69, 9.17) is 0 Å². The maximum atomic E-state index is 10.7. The number of hydrogen-bond donors (Lipinski definition) is 3. The van der Waals surface area contributed by atoms with Gasteiger partial charge >= 0.3 is 0 Å². The van der Waals surface area contributed by atoms with E-state index in [1.54, 1.807) is 55.6 Å². The fraction of sp³-hybridized carbons (Fsp3) is 0.318. The van der Waals surface area contributed by atoms with Crippen molar-refractivity contribution < 1.29 is 59.4 Å². The molecule has 3 aromatic rings. The number of carbonyl (C=O) groups excluding carboxylic acids is 6. The summed E-state index contributed by atoms with van der Waals surface area (Å²) in [5, 5.41) is 72.8. The van der Waals surface area contributed by atoms with Crippen molar-refractivity contribution in [2.75, 3.05) is 29.7 Å². The van der Waals surface area contributed by atoms with Gasteiger partial charge in [-0.25, -0.2) is 0 Å². The first kappa shape index (κ1) is 70.0. The van der Waals surface area contributed by atoms with Gasteiger partial charge in [0.1, 0.15) is 0 Å². The quantitative estimate of drug-likeness (QED) is 0.0911. The Kier molecular flexibility index (Phi) is 46.6. The lowest BCUT2D eigenvalue weighted by atomic mass is 10.1. The molecule has 0 heterocycles. The molecule has 15 nitrogen and oxygen atoms in total. The predicted octanol–water partition coefficient (Wildman–Crippen LogP) is 2.44. The van der Waals surface area contributed by atoms with Crippen LogP contribution in [0.5, 0.6) is 0 Å². The zero-order valence-electron chi connectivity index (χ0n) is 30.3. The molecule has 0 aliphatic heterocycles. The van der Waals surface area contributed by atoms with Gasteiger partial charge in [0, 0.05) is 40.8 Å². The Morgan fingerprint density at radius 1 is 0.390 bits per heavy atom. The number of rotatable bonds is 14. The predicted molar refractivity (Wildman–Crippen MR) is 229 cm³/mol. The molecule has 0 saturated heterocycles. The SMILES string of the molecule is C.C.C.C.C.C.CC.CC.CC.CNc1ccc(C=C(C(=O)[O-])C(=O)[O-])cc1.O=C([O-])C(=Cc1ccc(NCNc2ccc(C=C(C(=O)[O-])C(=O)[O-])cc2)cc1)C(=O)[O-]. The second kappa shape index (κ2) is 39.3. The summed E-state index contributed by atoms with van der Waals surface area (Å²) < 4.78 is 0. The number of benzene rings is 3. The van der Waals surface area contributed by atoms with E-state index >= 15 is 0 Å². The van der Waals surface area contributed by atoms with Crippen LogP contribution < -0.4 is 46.6 Å². The molecule has 3 aromatic carbocycles. The number of anilines is 3. The molecule has 0 radical (unpaired) electrons. The van der Waals surface area contributed by atoms with E-state index in [2.05, 4.69) is 16.0 Å². The van der Waals surface area contributed by atoms with E-state index in [1.165, 1.54) is 24.3 Å². The summed E-state index contributed by atoms with van der Waals surface area (Å²) in [6.07, 6.45) is 2.84. The van der Waals surface area contributed by atoms with Crippen LogP contribution in [-0.4, -0.2) is 49.5 Å². The Hall–Kier alpha value is -6.90. The molecule has 0 amide bonds. The van der Waals surface area contributed by atoms with E-state index in [0.29, 0.717) is 28.1 Å². The molecule has 0 aliphatic carbocycles. The van der Waals surface area contributed by atoms with E-state index < -0.39 is 52.5 Å². The van der Waals surface area contributed by atoms with Crippen LogP contribution in [0.15, 0.2) is 89.5 Å². The highest BCUT2D eigenvalue weighted by atomic mass is 16.4. The minimum atomic E-state index is -1.84. The number of carbonyl (C=O) groups is 6. The topological polar surface area (TPSA) is 277 Å². The van der Waals surface area contributed by atoms with Crippen molar-refractivity contribution in [2.24, 2.45) is 0 Å². The van der Waals surface area contributed by atoms with Crippen molar-refractivity contribution >= 4 is 71.1 Å². The summed E-state index contributed by atoms with van der Waals surface area (Å²) in [7, 11) is 1.73. The van der Waals surface area contributed by atoms with Crippen LogP contribution >= 0.6 is 0 Å². The van der Waals surface area contributed by atoms with Crippen LogP contribution in [0, 0.1) is 0 Å². The van der Waals surface area contributed by atoms with Crippen molar-refractivity contribution in [1.29, 1.82) is 0 Å². The van der Waals surface area contributed by atoms with Crippen molar-refractivity contribution in [2.45, 2.75) is 86.1 Å². The van der Waals surface area contributed by atoms with Crippen LogP contribution in [-0.2, 0) is 28.8 Å².